The van der Waals surface area contributed by atoms with Crippen molar-refractivity contribution in [3.05, 3.63) is 12.2 Å². The van der Waals surface area contributed by atoms with Gasteiger partial charge in [0.25, 0.3) is 0 Å². The van der Waals surface area contributed by atoms with Gasteiger partial charge in [0, 0.05) is 19.4 Å². The van der Waals surface area contributed by atoms with Crippen LogP contribution in [0.15, 0.2) is 12.2 Å². The Balaban J connectivity index is 4.14. The van der Waals surface area contributed by atoms with E-state index in [2.05, 4.69) is 26.0 Å². The molecule has 0 radical (unpaired) electrons. The Hall–Kier alpha value is -1.25. The maximum Gasteiger partial charge on any atom is 0.472 e. The van der Waals surface area contributed by atoms with E-state index in [1.165, 1.54) is 122 Å². The monoisotopic (exact) mass is 746 g/mol. The molecule has 0 bridgehead atoms. The molecule has 51 heavy (non-hydrogen) atoms. The summed E-state index contributed by atoms with van der Waals surface area (Å²) in [6, 6.07) is 0. The third-order valence-electron chi connectivity index (χ3n) is 9.15. The van der Waals surface area contributed by atoms with Gasteiger partial charge in [-0.15, -0.1) is 0 Å². The fourth-order valence-electron chi connectivity index (χ4n) is 5.98. The van der Waals surface area contributed by atoms with Crippen LogP contribution >= 0.6 is 7.82 Å². The van der Waals surface area contributed by atoms with Gasteiger partial charge in [0.1, 0.15) is 6.61 Å². The highest BCUT2D eigenvalue weighted by atomic mass is 31.2. The molecule has 0 aromatic rings. The van der Waals surface area contributed by atoms with E-state index < -0.39 is 26.5 Å². The Bertz CT molecular complexity index is 856. The van der Waals surface area contributed by atoms with E-state index in [0.717, 1.165) is 51.4 Å². The molecule has 9 nitrogen and oxygen atoms in total. The number of allylic oxidation sites excluding steroid dienone is 2. The lowest BCUT2D eigenvalue weighted by Gasteiger charge is -2.19. The number of unbranched alkanes of at least 4 members (excludes halogenated alkanes) is 25. The fourth-order valence-corrected chi connectivity index (χ4v) is 6.75. The average Bonchev–Trinajstić information content (AvgIpc) is 3.11. The Kier molecular flexibility index (Phi) is 37.5. The second-order valence-corrected chi connectivity index (χ2v) is 15.7. The molecule has 10 heteroatoms. The van der Waals surface area contributed by atoms with Crippen LogP contribution in [0.25, 0.3) is 0 Å². The summed E-state index contributed by atoms with van der Waals surface area (Å²) in [4.78, 5) is 34.8. The number of hydrogen-bond acceptors (Lipinski definition) is 8. The molecule has 0 aromatic heterocycles. The zero-order valence-corrected chi connectivity index (χ0v) is 34.0. The second-order valence-electron chi connectivity index (χ2n) is 14.2. The van der Waals surface area contributed by atoms with Crippen molar-refractivity contribution in [3.63, 3.8) is 0 Å². The third kappa shape index (κ3) is 38.3. The van der Waals surface area contributed by atoms with Crippen molar-refractivity contribution in [1.29, 1.82) is 0 Å². The minimum absolute atomic E-state index is 0.0548. The summed E-state index contributed by atoms with van der Waals surface area (Å²) in [5.74, 6) is -0.829. The quantitative estimate of drug-likeness (QED) is 0.0272. The van der Waals surface area contributed by atoms with Gasteiger partial charge in [-0.2, -0.15) is 0 Å². The molecule has 3 N–H and O–H groups in total. The smallest absolute Gasteiger partial charge is 0.462 e. The van der Waals surface area contributed by atoms with Crippen molar-refractivity contribution < 1.29 is 37.6 Å². The summed E-state index contributed by atoms with van der Waals surface area (Å²) in [6.07, 6.45) is 38.1. The van der Waals surface area contributed by atoms with Crippen molar-refractivity contribution >= 4 is 19.8 Å². The van der Waals surface area contributed by atoms with Gasteiger partial charge < -0.3 is 20.1 Å². The van der Waals surface area contributed by atoms with E-state index >= 15 is 0 Å². The van der Waals surface area contributed by atoms with E-state index in [-0.39, 0.29) is 38.6 Å². The maximum atomic E-state index is 12.5. The van der Waals surface area contributed by atoms with E-state index in [1.54, 1.807) is 0 Å². The molecule has 0 aromatic carbocycles. The highest BCUT2D eigenvalue weighted by Gasteiger charge is 2.26. The van der Waals surface area contributed by atoms with Crippen LogP contribution in [-0.4, -0.2) is 49.3 Å². The summed E-state index contributed by atoms with van der Waals surface area (Å²) in [5, 5.41) is 0. The van der Waals surface area contributed by atoms with Crippen molar-refractivity contribution in [2.75, 3.05) is 26.4 Å². The van der Waals surface area contributed by atoms with Crippen molar-refractivity contribution in [3.8, 4) is 0 Å². The van der Waals surface area contributed by atoms with Crippen LogP contribution in [0.5, 0.6) is 0 Å². The molecular weight excluding hydrogens is 665 g/mol. The number of phosphoric acid groups is 1. The van der Waals surface area contributed by atoms with E-state index in [4.69, 9.17) is 24.3 Å². The van der Waals surface area contributed by atoms with Crippen LogP contribution in [0, 0.1) is 0 Å². The summed E-state index contributed by atoms with van der Waals surface area (Å²) >= 11 is 0. The molecule has 0 rings (SSSR count). The lowest BCUT2D eigenvalue weighted by atomic mass is 10.0. The van der Waals surface area contributed by atoms with Gasteiger partial charge in [-0.3, -0.25) is 18.6 Å². The molecule has 0 spiro atoms. The topological polar surface area (TPSA) is 134 Å². The Morgan fingerprint density at radius 2 is 0.961 bits per heavy atom. The SMILES string of the molecule is CCCCCCC/C=C\CCCCCCCC(=O)O[C@H](COC(=O)CCCCCCCCCCCCCCCCCC)COP(=O)(O)OCCN. The predicted molar refractivity (Wildman–Crippen MR) is 211 cm³/mol. The fraction of sp³-hybridized carbons (Fsp3) is 0.902. The average molecular weight is 746 g/mol. The highest BCUT2D eigenvalue weighted by molar-refractivity contribution is 7.47. The molecule has 0 heterocycles. The van der Waals surface area contributed by atoms with Crippen molar-refractivity contribution in [2.45, 2.75) is 213 Å². The largest absolute Gasteiger partial charge is 0.472 e. The minimum atomic E-state index is -4.37. The normalized spacial score (nSPS) is 13.4. The molecule has 0 saturated carbocycles. The number of carbonyl (C=O) groups excluding carboxylic acids is 2. The van der Waals surface area contributed by atoms with Gasteiger partial charge in [0.05, 0.1) is 13.2 Å². The van der Waals surface area contributed by atoms with Gasteiger partial charge in [0.15, 0.2) is 6.10 Å². The number of ether oxygens (including phenoxy) is 2. The number of nitrogens with two attached hydrogens (primary N) is 1. The van der Waals surface area contributed by atoms with E-state index in [1.807, 2.05) is 0 Å². The van der Waals surface area contributed by atoms with Gasteiger partial charge in [0.2, 0.25) is 0 Å². The molecule has 2 atom stereocenters. The summed E-state index contributed by atoms with van der Waals surface area (Å²) in [7, 11) is -4.37. The van der Waals surface area contributed by atoms with Gasteiger partial charge in [-0.05, 0) is 38.5 Å². The number of rotatable bonds is 40. The van der Waals surface area contributed by atoms with Crippen LogP contribution in [-0.2, 0) is 32.7 Å². The first-order valence-electron chi connectivity index (χ1n) is 21.2. The molecule has 0 amide bonds. The summed E-state index contributed by atoms with van der Waals surface area (Å²) in [6.45, 7) is 3.73. The Morgan fingerprint density at radius 3 is 1.39 bits per heavy atom. The molecule has 0 aliphatic rings. The zero-order valence-electron chi connectivity index (χ0n) is 33.1. The number of carbonyl (C=O) groups is 2. The lowest BCUT2D eigenvalue weighted by Crippen LogP contribution is -2.29. The van der Waals surface area contributed by atoms with Crippen LogP contribution < -0.4 is 5.73 Å². The van der Waals surface area contributed by atoms with E-state index in [0.29, 0.717) is 6.42 Å². The second kappa shape index (κ2) is 38.5. The molecular formula is C41H80NO8P. The standard InChI is InChI=1S/C41H80NO8P/c1-3-5-7-9-11-13-15-17-19-20-22-23-25-27-29-31-33-40(43)47-37-39(38-49-51(45,46)48-36-35-42)50-41(44)34-32-30-28-26-24-21-18-16-14-12-10-8-6-4-2/h16,18,39H,3-15,17,19-38,42H2,1-2H3,(H,45,46)/b18-16-/t39-/m1/s1. The minimum Gasteiger partial charge on any atom is -0.462 e. The lowest BCUT2D eigenvalue weighted by molar-refractivity contribution is -0.161. The zero-order chi connectivity index (χ0) is 37.5. The molecule has 0 aliphatic heterocycles. The highest BCUT2D eigenvalue weighted by Crippen LogP contribution is 2.43. The van der Waals surface area contributed by atoms with Crippen LogP contribution in [0.1, 0.15) is 206 Å². The van der Waals surface area contributed by atoms with E-state index in [9.17, 15) is 19.0 Å². The first kappa shape index (κ1) is 49.8. The third-order valence-corrected chi connectivity index (χ3v) is 10.1. The molecule has 302 valence electrons. The number of phosphoric ester groups is 1. The van der Waals surface area contributed by atoms with Crippen molar-refractivity contribution in [2.24, 2.45) is 5.73 Å². The van der Waals surface area contributed by atoms with Crippen LogP contribution in [0.2, 0.25) is 0 Å². The maximum absolute atomic E-state index is 12.5. The van der Waals surface area contributed by atoms with Crippen LogP contribution in [0.4, 0.5) is 0 Å². The first-order chi connectivity index (χ1) is 24.8. The Morgan fingerprint density at radius 1 is 0.569 bits per heavy atom. The van der Waals surface area contributed by atoms with Crippen molar-refractivity contribution in [1.82, 2.24) is 0 Å². The molecule has 0 aliphatic carbocycles. The van der Waals surface area contributed by atoms with Crippen LogP contribution in [0.3, 0.4) is 0 Å². The molecule has 1 unspecified atom stereocenters. The Labute approximate surface area is 313 Å². The summed E-state index contributed by atoms with van der Waals surface area (Å²) < 4.78 is 32.7. The number of esters is 2. The van der Waals surface area contributed by atoms with Gasteiger partial charge in [-0.1, -0.05) is 167 Å². The predicted octanol–water partition coefficient (Wildman–Crippen LogP) is 11.8. The molecule has 0 fully saturated rings. The summed E-state index contributed by atoms with van der Waals surface area (Å²) in [5.41, 5.74) is 5.34. The van der Waals surface area contributed by atoms with Gasteiger partial charge in [-0.25, -0.2) is 4.57 Å². The van der Waals surface area contributed by atoms with Gasteiger partial charge >= 0.3 is 19.8 Å². The first-order valence-corrected chi connectivity index (χ1v) is 22.7. The number of hydrogen-bond donors (Lipinski definition) is 2. The molecule has 0 saturated heterocycles.